The van der Waals surface area contributed by atoms with Crippen molar-refractivity contribution in [2.24, 2.45) is 5.73 Å². The highest BCUT2D eigenvalue weighted by molar-refractivity contribution is 5.83. The van der Waals surface area contributed by atoms with Crippen molar-refractivity contribution in [1.82, 2.24) is 5.32 Å². The Morgan fingerprint density at radius 1 is 1.28 bits per heavy atom. The second-order valence-electron chi connectivity index (χ2n) is 5.30. The molecule has 1 aromatic rings. The fourth-order valence-corrected chi connectivity index (χ4v) is 2.84. The van der Waals surface area contributed by atoms with Crippen LogP contribution in [-0.4, -0.2) is 25.5 Å². The molecule has 0 bridgehead atoms. The predicted molar refractivity (Wildman–Crippen MR) is 71.4 cm³/mol. The Hall–Kier alpha value is -1.55. The molecule has 1 aromatic carbocycles. The Labute approximate surface area is 107 Å². The molecule has 1 aliphatic heterocycles. The van der Waals surface area contributed by atoms with Crippen LogP contribution in [0, 0.1) is 0 Å². The van der Waals surface area contributed by atoms with Gasteiger partial charge in [0.05, 0.1) is 6.54 Å². The van der Waals surface area contributed by atoms with Crippen LogP contribution in [0.1, 0.15) is 24.8 Å². The standard InChI is InChI=1S/C14H19N3O/c15-14(6-3-7-14)11-4-1-2-5-12(11)17-9-8-16-13(18)10-17/h1-2,4-5H,3,6-10,15H2,(H,16,18). The van der Waals surface area contributed by atoms with Crippen molar-refractivity contribution in [1.29, 1.82) is 0 Å². The molecule has 1 amide bonds. The van der Waals surface area contributed by atoms with Gasteiger partial charge in [0.1, 0.15) is 0 Å². The molecule has 2 fully saturated rings. The Morgan fingerprint density at radius 2 is 2.06 bits per heavy atom. The first-order chi connectivity index (χ1) is 8.69. The summed E-state index contributed by atoms with van der Waals surface area (Å²) < 4.78 is 0. The average molecular weight is 245 g/mol. The smallest absolute Gasteiger partial charge is 0.239 e. The van der Waals surface area contributed by atoms with E-state index in [1.54, 1.807) is 0 Å². The van der Waals surface area contributed by atoms with Gasteiger partial charge in [-0.1, -0.05) is 18.2 Å². The Kier molecular flexibility index (Phi) is 2.74. The molecule has 3 N–H and O–H groups in total. The molecule has 1 saturated carbocycles. The molecule has 1 aliphatic carbocycles. The van der Waals surface area contributed by atoms with E-state index in [0.29, 0.717) is 13.1 Å². The summed E-state index contributed by atoms with van der Waals surface area (Å²) in [5, 5.41) is 2.86. The SMILES string of the molecule is NC1(c2ccccc2N2CCNC(=O)C2)CCC1. The summed E-state index contributed by atoms with van der Waals surface area (Å²) in [7, 11) is 0. The summed E-state index contributed by atoms with van der Waals surface area (Å²) in [4.78, 5) is 13.6. The molecule has 1 heterocycles. The number of carbonyl (C=O) groups excluding carboxylic acids is 1. The molecule has 1 saturated heterocycles. The molecule has 2 aliphatic rings. The number of anilines is 1. The molecule has 0 unspecified atom stereocenters. The number of para-hydroxylation sites is 1. The minimum absolute atomic E-state index is 0.0933. The first-order valence-corrected chi connectivity index (χ1v) is 6.59. The Balaban J connectivity index is 1.93. The van der Waals surface area contributed by atoms with Gasteiger partial charge in [-0.15, -0.1) is 0 Å². The molecule has 0 aromatic heterocycles. The van der Waals surface area contributed by atoms with E-state index in [1.807, 2.05) is 12.1 Å². The molecular formula is C14H19N3O. The number of nitrogens with one attached hydrogen (secondary N) is 1. The third-order valence-corrected chi connectivity index (χ3v) is 4.07. The molecule has 96 valence electrons. The third kappa shape index (κ3) is 1.86. The van der Waals surface area contributed by atoms with Crippen LogP contribution in [0.3, 0.4) is 0 Å². The lowest BCUT2D eigenvalue weighted by atomic mass is 9.72. The van der Waals surface area contributed by atoms with E-state index < -0.39 is 0 Å². The molecule has 18 heavy (non-hydrogen) atoms. The zero-order valence-corrected chi connectivity index (χ0v) is 10.5. The van der Waals surface area contributed by atoms with E-state index in [-0.39, 0.29) is 11.4 Å². The van der Waals surface area contributed by atoms with Crippen LogP contribution in [0.15, 0.2) is 24.3 Å². The van der Waals surface area contributed by atoms with E-state index in [4.69, 9.17) is 5.73 Å². The van der Waals surface area contributed by atoms with Gasteiger partial charge in [-0.25, -0.2) is 0 Å². The Morgan fingerprint density at radius 3 is 2.72 bits per heavy atom. The summed E-state index contributed by atoms with van der Waals surface area (Å²) in [6.45, 7) is 2.01. The fraction of sp³-hybridized carbons (Fsp3) is 0.500. The minimum atomic E-state index is -0.176. The molecule has 3 rings (SSSR count). The molecule has 0 spiro atoms. The summed E-state index contributed by atoms with van der Waals surface area (Å²) in [6, 6.07) is 8.25. The van der Waals surface area contributed by atoms with Crippen LogP contribution in [0.2, 0.25) is 0 Å². The maximum absolute atomic E-state index is 11.5. The van der Waals surface area contributed by atoms with Crippen LogP contribution >= 0.6 is 0 Å². The highest BCUT2D eigenvalue weighted by Gasteiger charge is 2.37. The van der Waals surface area contributed by atoms with Crippen LogP contribution in [0.25, 0.3) is 0 Å². The van der Waals surface area contributed by atoms with Gasteiger partial charge in [-0.05, 0) is 30.9 Å². The van der Waals surface area contributed by atoms with Gasteiger partial charge in [-0.2, -0.15) is 0 Å². The average Bonchev–Trinajstić information content (AvgIpc) is 2.36. The molecule has 4 heteroatoms. The molecule has 0 radical (unpaired) electrons. The monoisotopic (exact) mass is 245 g/mol. The van der Waals surface area contributed by atoms with Gasteiger partial charge in [-0.3, -0.25) is 4.79 Å². The number of nitrogens with zero attached hydrogens (tertiary/aromatic N) is 1. The number of hydrogen-bond acceptors (Lipinski definition) is 3. The van der Waals surface area contributed by atoms with Crippen molar-refractivity contribution in [2.75, 3.05) is 24.5 Å². The van der Waals surface area contributed by atoms with Gasteiger partial charge in [0.2, 0.25) is 5.91 Å². The van der Waals surface area contributed by atoms with E-state index in [2.05, 4.69) is 22.3 Å². The lowest BCUT2D eigenvalue weighted by molar-refractivity contribution is -0.120. The quantitative estimate of drug-likeness (QED) is 0.816. The molecule has 0 atom stereocenters. The van der Waals surface area contributed by atoms with Crippen LogP contribution in [-0.2, 0) is 10.3 Å². The van der Waals surface area contributed by atoms with Crippen molar-refractivity contribution >= 4 is 11.6 Å². The van der Waals surface area contributed by atoms with Crippen LogP contribution in [0.4, 0.5) is 5.69 Å². The van der Waals surface area contributed by atoms with Crippen molar-refractivity contribution in [2.45, 2.75) is 24.8 Å². The third-order valence-electron chi connectivity index (χ3n) is 4.07. The van der Waals surface area contributed by atoms with E-state index >= 15 is 0 Å². The highest BCUT2D eigenvalue weighted by Crippen LogP contribution is 2.42. The second-order valence-corrected chi connectivity index (χ2v) is 5.30. The first-order valence-electron chi connectivity index (χ1n) is 6.59. The lowest BCUT2D eigenvalue weighted by Crippen LogP contribution is -2.50. The maximum atomic E-state index is 11.5. The highest BCUT2D eigenvalue weighted by atomic mass is 16.2. The zero-order chi connectivity index (χ0) is 12.6. The fourth-order valence-electron chi connectivity index (χ4n) is 2.84. The van der Waals surface area contributed by atoms with Crippen molar-refractivity contribution < 1.29 is 4.79 Å². The largest absolute Gasteiger partial charge is 0.360 e. The van der Waals surface area contributed by atoms with Gasteiger partial charge >= 0.3 is 0 Å². The van der Waals surface area contributed by atoms with E-state index in [1.165, 1.54) is 12.0 Å². The van der Waals surface area contributed by atoms with Gasteiger partial charge in [0.25, 0.3) is 0 Å². The number of rotatable bonds is 2. The lowest BCUT2D eigenvalue weighted by Gasteiger charge is -2.42. The summed E-state index contributed by atoms with van der Waals surface area (Å²) in [5.41, 5.74) is 8.60. The second kappa shape index (κ2) is 4.28. The zero-order valence-electron chi connectivity index (χ0n) is 10.5. The number of piperazine rings is 1. The normalized spacial score (nSPS) is 22.3. The maximum Gasteiger partial charge on any atom is 0.239 e. The topological polar surface area (TPSA) is 58.4 Å². The summed E-state index contributed by atoms with van der Waals surface area (Å²) in [5.74, 6) is 0.0933. The van der Waals surface area contributed by atoms with Crippen molar-refractivity contribution in [3.63, 3.8) is 0 Å². The minimum Gasteiger partial charge on any atom is -0.360 e. The Bertz CT molecular complexity index is 468. The number of benzene rings is 1. The number of hydrogen-bond donors (Lipinski definition) is 2. The molecular weight excluding hydrogens is 226 g/mol. The number of carbonyl (C=O) groups is 1. The van der Waals surface area contributed by atoms with Crippen LogP contribution < -0.4 is 16.0 Å². The first kappa shape index (κ1) is 11.5. The van der Waals surface area contributed by atoms with Crippen molar-refractivity contribution in [3.05, 3.63) is 29.8 Å². The van der Waals surface area contributed by atoms with Gasteiger partial charge in [0, 0.05) is 24.3 Å². The van der Waals surface area contributed by atoms with E-state index in [9.17, 15) is 4.79 Å². The predicted octanol–water partition coefficient (Wildman–Crippen LogP) is 0.961. The number of nitrogens with two attached hydrogens (primary N) is 1. The van der Waals surface area contributed by atoms with Crippen LogP contribution in [0.5, 0.6) is 0 Å². The summed E-state index contributed by atoms with van der Waals surface area (Å²) >= 11 is 0. The number of amides is 1. The van der Waals surface area contributed by atoms with E-state index in [0.717, 1.165) is 25.1 Å². The van der Waals surface area contributed by atoms with Crippen molar-refractivity contribution in [3.8, 4) is 0 Å². The van der Waals surface area contributed by atoms with Gasteiger partial charge in [0.15, 0.2) is 0 Å². The van der Waals surface area contributed by atoms with Gasteiger partial charge < -0.3 is 16.0 Å². The summed E-state index contributed by atoms with van der Waals surface area (Å²) in [6.07, 6.45) is 3.29. The molecule has 4 nitrogen and oxygen atoms in total.